The first-order valence-electron chi connectivity index (χ1n) is 7.89. The van der Waals surface area contributed by atoms with Crippen LogP contribution in [0.25, 0.3) is 0 Å². The number of phosphoric acid groups is 1. The first kappa shape index (κ1) is 20.9. The van der Waals surface area contributed by atoms with Crippen molar-refractivity contribution in [3.8, 4) is 0 Å². The van der Waals surface area contributed by atoms with Crippen LogP contribution in [0.2, 0.25) is 0 Å². The van der Waals surface area contributed by atoms with Crippen LogP contribution >= 0.6 is 7.82 Å². The summed E-state index contributed by atoms with van der Waals surface area (Å²) in [4.78, 5) is 15.5. The number of hydrogen-bond donors (Lipinski definition) is 4. The molecular weight excluding hydrogens is 373 g/mol. The third-order valence-electron chi connectivity index (χ3n) is 3.53. The summed E-state index contributed by atoms with van der Waals surface area (Å²) in [7, 11) is -3.82. The van der Waals surface area contributed by atoms with E-state index in [2.05, 4.69) is 4.98 Å². The molecule has 13 heteroatoms. The van der Waals surface area contributed by atoms with Crippen LogP contribution in [0, 0.1) is 0 Å². The largest absolute Gasteiger partial charge is 0.474 e. The zero-order chi connectivity index (χ0) is 19.3. The van der Waals surface area contributed by atoms with E-state index in [0.29, 0.717) is 0 Å². The van der Waals surface area contributed by atoms with Crippen molar-refractivity contribution < 1.29 is 38.3 Å². The van der Waals surface area contributed by atoms with E-state index < -0.39 is 44.7 Å². The van der Waals surface area contributed by atoms with Gasteiger partial charge in [0, 0.05) is 6.20 Å². The van der Waals surface area contributed by atoms with Crippen LogP contribution in [0.4, 0.5) is 5.82 Å². The number of nitrogens with zero attached hydrogens (tertiary/aromatic N) is 2. The fourth-order valence-electron chi connectivity index (χ4n) is 2.36. The molecule has 1 aromatic heterocycles. The highest BCUT2D eigenvalue weighted by Gasteiger charge is 2.45. The van der Waals surface area contributed by atoms with E-state index in [4.69, 9.17) is 23.5 Å². The number of aromatic nitrogens is 2. The van der Waals surface area contributed by atoms with Crippen molar-refractivity contribution in [3.05, 3.63) is 22.7 Å². The number of hydrogen-bond acceptors (Lipinski definition) is 11. The second-order valence-corrected chi connectivity index (χ2v) is 6.91. The molecule has 1 aromatic rings. The second kappa shape index (κ2) is 9.02. The predicted octanol–water partition coefficient (Wildman–Crippen LogP) is -0.139. The molecule has 0 spiro atoms. The third kappa shape index (κ3) is 4.67. The Hall–Kier alpha value is -1.37. The van der Waals surface area contributed by atoms with Crippen molar-refractivity contribution in [1.29, 1.82) is 0 Å². The quantitative estimate of drug-likeness (QED) is 0.325. The molecule has 2 heterocycles. The van der Waals surface area contributed by atoms with Crippen LogP contribution in [-0.4, -0.2) is 63.1 Å². The maximum atomic E-state index is 12.3. The molecule has 0 bridgehead atoms. The van der Waals surface area contributed by atoms with Crippen molar-refractivity contribution in [2.45, 2.75) is 38.4 Å². The molecule has 26 heavy (non-hydrogen) atoms. The molecule has 0 saturated carbocycles. The fourth-order valence-corrected chi connectivity index (χ4v) is 3.54. The summed E-state index contributed by atoms with van der Waals surface area (Å²) in [5, 5.41) is 29.0. The molecule has 148 valence electrons. The molecule has 1 unspecified atom stereocenters. The summed E-state index contributed by atoms with van der Waals surface area (Å²) in [6.07, 6.45) is -3.99. The van der Waals surface area contributed by atoms with Gasteiger partial charge in [-0.25, -0.2) is 9.36 Å². The van der Waals surface area contributed by atoms with Crippen LogP contribution < -0.4 is 11.2 Å². The van der Waals surface area contributed by atoms with Crippen LogP contribution in [0.15, 0.2) is 17.1 Å². The zero-order valence-electron chi connectivity index (χ0n) is 14.2. The Labute approximate surface area is 148 Å². The molecule has 1 saturated heterocycles. The van der Waals surface area contributed by atoms with Gasteiger partial charge in [0.1, 0.15) is 18.3 Å². The summed E-state index contributed by atoms with van der Waals surface area (Å²) in [5.74, 6) is -0.0893. The summed E-state index contributed by atoms with van der Waals surface area (Å²) < 4.78 is 33.7. The van der Waals surface area contributed by atoms with E-state index >= 15 is 0 Å². The minimum atomic E-state index is -3.82. The van der Waals surface area contributed by atoms with Crippen molar-refractivity contribution in [2.75, 3.05) is 25.3 Å². The zero-order valence-corrected chi connectivity index (χ0v) is 15.1. The predicted molar refractivity (Wildman–Crippen MR) is 86.6 cm³/mol. The van der Waals surface area contributed by atoms with Gasteiger partial charge in [0.15, 0.2) is 12.0 Å². The Kier molecular flexibility index (Phi) is 7.26. The highest BCUT2D eigenvalue weighted by molar-refractivity contribution is 7.48. The molecule has 0 aromatic carbocycles. The molecule has 0 radical (unpaired) electrons. The molecular formula is C13H22N3O9P. The van der Waals surface area contributed by atoms with Gasteiger partial charge in [-0.05, 0) is 19.9 Å². The summed E-state index contributed by atoms with van der Waals surface area (Å²) in [6.45, 7) is 3.00. The van der Waals surface area contributed by atoms with Gasteiger partial charge in [-0.1, -0.05) is 0 Å². The second-order valence-electron chi connectivity index (χ2n) is 5.24. The number of anilines is 1. The van der Waals surface area contributed by atoms with Gasteiger partial charge in [0.25, 0.3) is 0 Å². The Morgan fingerprint density at radius 1 is 1.27 bits per heavy atom. The molecule has 1 aliphatic rings. The Morgan fingerprint density at radius 3 is 2.46 bits per heavy atom. The number of rotatable bonds is 9. The first-order chi connectivity index (χ1) is 12.3. The number of phosphoric ester groups is 1. The number of aliphatic hydroxyl groups is 2. The maximum Gasteiger partial charge on any atom is 0.474 e. The molecule has 2 rings (SSSR count). The fraction of sp³-hybridized carbons (Fsp3) is 0.692. The van der Waals surface area contributed by atoms with E-state index in [1.54, 1.807) is 19.3 Å². The third-order valence-corrected chi connectivity index (χ3v) is 5.14. The molecule has 1 fully saturated rings. The lowest BCUT2D eigenvalue weighted by Crippen LogP contribution is -2.36. The molecule has 1 aliphatic heterocycles. The standard InChI is InChI=1S/C13H22N3O9P/c1-3-22-26(21,23-4-2)24-7-8-10(17)11(18)12(25-8)16-6-5-9(15-20)14-13(16)19/h5-6,8,10-12,17-18,20H,3-4,7H2,1-2H3,(H,14,15,19)/t8-,10?,11+,12-/m1/s1. The van der Waals surface area contributed by atoms with Gasteiger partial charge >= 0.3 is 13.5 Å². The molecule has 12 nitrogen and oxygen atoms in total. The maximum absolute atomic E-state index is 12.3. The highest BCUT2D eigenvalue weighted by Crippen LogP contribution is 2.49. The van der Waals surface area contributed by atoms with Crippen molar-refractivity contribution in [2.24, 2.45) is 0 Å². The lowest BCUT2D eigenvalue weighted by Gasteiger charge is -2.20. The van der Waals surface area contributed by atoms with E-state index in [0.717, 1.165) is 4.57 Å². The van der Waals surface area contributed by atoms with Crippen molar-refractivity contribution >= 4 is 13.6 Å². The van der Waals surface area contributed by atoms with Gasteiger partial charge in [-0.2, -0.15) is 4.98 Å². The Balaban J connectivity index is 2.09. The van der Waals surface area contributed by atoms with Crippen molar-refractivity contribution in [3.63, 3.8) is 0 Å². The Bertz CT molecular complexity index is 690. The van der Waals surface area contributed by atoms with Gasteiger partial charge in [-0.15, -0.1) is 0 Å². The topological polar surface area (TPSA) is 162 Å². The van der Waals surface area contributed by atoms with Crippen LogP contribution in [0.3, 0.4) is 0 Å². The van der Waals surface area contributed by atoms with Gasteiger partial charge in [0.2, 0.25) is 0 Å². The van der Waals surface area contributed by atoms with E-state index in [9.17, 15) is 19.6 Å². The van der Waals surface area contributed by atoms with Crippen LogP contribution in [-0.2, 0) is 22.9 Å². The lowest BCUT2D eigenvalue weighted by atomic mass is 10.1. The normalized spacial score (nSPS) is 26.2. The number of aliphatic hydroxyl groups excluding tert-OH is 2. The molecule has 0 aliphatic carbocycles. The van der Waals surface area contributed by atoms with E-state index in [-0.39, 0.29) is 19.0 Å². The smallest absolute Gasteiger partial charge is 0.387 e. The lowest BCUT2D eigenvalue weighted by molar-refractivity contribution is -0.0560. The number of nitrogens with one attached hydrogen (secondary N) is 1. The van der Waals surface area contributed by atoms with Crippen LogP contribution in [0.1, 0.15) is 20.1 Å². The highest BCUT2D eigenvalue weighted by atomic mass is 31.2. The van der Waals surface area contributed by atoms with E-state index in [1.165, 1.54) is 12.3 Å². The SMILES string of the molecule is CCOP(=O)(OCC)OC[C@H]1O[C@@H](n2ccc(NO)nc2=O)[C@@H](O)C1O. The van der Waals surface area contributed by atoms with Crippen molar-refractivity contribution in [1.82, 2.24) is 9.55 Å². The molecule has 4 atom stereocenters. The monoisotopic (exact) mass is 395 g/mol. The number of ether oxygens (including phenoxy) is 1. The first-order valence-corrected chi connectivity index (χ1v) is 9.35. The average molecular weight is 395 g/mol. The van der Waals surface area contributed by atoms with Gasteiger partial charge in [-0.3, -0.25) is 28.8 Å². The van der Waals surface area contributed by atoms with E-state index in [1.807, 2.05) is 0 Å². The van der Waals surface area contributed by atoms with Crippen LogP contribution in [0.5, 0.6) is 0 Å². The minimum absolute atomic E-state index is 0.0862. The molecule has 0 amide bonds. The average Bonchev–Trinajstić information content (AvgIpc) is 2.88. The van der Waals surface area contributed by atoms with Gasteiger partial charge < -0.3 is 14.9 Å². The Morgan fingerprint density at radius 2 is 1.92 bits per heavy atom. The summed E-state index contributed by atoms with van der Waals surface area (Å²) in [6, 6.07) is 1.27. The summed E-state index contributed by atoms with van der Waals surface area (Å²) in [5.41, 5.74) is 0.896. The summed E-state index contributed by atoms with van der Waals surface area (Å²) >= 11 is 0. The molecule has 4 N–H and O–H groups in total. The minimum Gasteiger partial charge on any atom is -0.387 e. The van der Waals surface area contributed by atoms with Gasteiger partial charge in [0.05, 0.1) is 19.8 Å².